The second-order valence-corrected chi connectivity index (χ2v) is 9.04. The van der Waals surface area contributed by atoms with E-state index in [4.69, 9.17) is 0 Å². The lowest BCUT2D eigenvalue weighted by molar-refractivity contribution is 0.102. The number of sulfonamides is 1. The van der Waals surface area contributed by atoms with E-state index >= 15 is 0 Å². The molecule has 0 aliphatic heterocycles. The molecule has 0 bridgehead atoms. The molecule has 0 atom stereocenters. The van der Waals surface area contributed by atoms with Crippen molar-refractivity contribution in [2.24, 2.45) is 7.05 Å². The number of anilines is 2. The molecule has 0 fully saturated rings. The van der Waals surface area contributed by atoms with E-state index in [0.717, 1.165) is 17.1 Å². The number of nitrogens with one attached hydrogen (secondary N) is 2. The van der Waals surface area contributed by atoms with Crippen molar-refractivity contribution >= 4 is 38.3 Å². The topological polar surface area (TPSA) is 106 Å². The van der Waals surface area contributed by atoms with Gasteiger partial charge in [0, 0.05) is 23.7 Å². The molecular formula is C22H20FN5O3S. The number of hydrogen-bond acceptors (Lipinski definition) is 5. The Balaban J connectivity index is 1.55. The maximum absolute atomic E-state index is 13.8. The number of nitrogens with zero attached hydrogens (tertiary/aromatic N) is 3. The van der Waals surface area contributed by atoms with Gasteiger partial charge >= 0.3 is 0 Å². The van der Waals surface area contributed by atoms with Crippen molar-refractivity contribution in [2.45, 2.75) is 18.7 Å². The number of hydrogen-bond donors (Lipinski definition) is 2. The highest BCUT2D eigenvalue weighted by Crippen LogP contribution is 2.22. The molecule has 0 aliphatic rings. The van der Waals surface area contributed by atoms with Gasteiger partial charge in [0.2, 0.25) is 0 Å². The third-order valence-corrected chi connectivity index (χ3v) is 6.33. The summed E-state index contributed by atoms with van der Waals surface area (Å²) in [5.74, 6) is -1.05. The highest BCUT2D eigenvalue weighted by molar-refractivity contribution is 7.92. The lowest BCUT2D eigenvalue weighted by Crippen LogP contribution is -2.15. The van der Waals surface area contributed by atoms with Gasteiger partial charge in [-0.15, -0.1) is 0 Å². The summed E-state index contributed by atoms with van der Waals surface area (Å²) in [5, 5.41) is 7.88. The Kier molecular flexibility index (Phi) is 5.39. The summed E-state index contributed by atoms with van der Waals surface area (Å²) < 4.78 is 43.0. The van der Waals surface area contributed by atoms with Crippen molar-refractivity contribution in [3.05, 3.63) is 77.4 Å². The van der Waals surface area contributed by atoms with E-state index in [1.807, 2.05) is 6.92 Å². The third-order valence-electron chi connectivity index (χ3n) is 4.95. The van der Waals surface area contributed by atoms with E-state index in [1.54, 1.807) is 36.9 Å². The van der Waals surface area contributed by atoms with Crippen molar-refractivity contribution in [1.82, 2.24) is 14.8 Å². The molecule has 0 saturated carbocycles. The molecule has 0 radical (unpaired) electrons. The highest BCUT2D eigenvalue weighted by atomic mass is 32.2. The molecular weight excluding hydrogens is 433 g/mol. The third kappa shape index (κ3) is 4.17. The molecule has 164 valence electrons. The van der Waals surface area contributed by atoms with Gasteiger partial charge in [0.1, 0.15) is 5.82 Å². The second kappa shape index (κ2) is 8.04. The zero-order chi connectivity index (χ0) is 23.0. The van der Waals surface area contributed by atoms with Crippen molar-refractivity contribution in [3.63, 3.8) is 0 Å². The van der Waals surface area contributed by atoms with E-state index in [1.165, 1.54) is 30.5 Å². The van der Waals surface area contributed by atoms with Crippen LogP contribution in [0.1, 0.15) is 21.6 Å². The van der Waals surface area contributed by atoms with Gasteiger partial charge in [0.05, 0.1) is 22.5 Å². The smallest absolute Gasteiger partial charge is 0.261 e. The van der Waals surface area contributed by atoms with Gasteiger partial charge in [0.25, 0.3) is 15.9 Å². The van der Waals surface area contributed by atoms with Crippen LogP contribution < -0.4 is 10.0 Å². The maximum Gasteiger partial charge on any atom is 0.261 e. The van der Waals surface area contributed by atoms with Gasteiger partial charge < -0.3 is 5.32 Å². The summed E-state index contributed by atoms with van der Waals surface area (Å²) in [4.78, 5) is 16.8. The van der Waals surface area contributed by atoms with E-state index in [9.17, 15) is 17.6 Å². The van der Waals surface area contributed by atoms with Crippen LogP contribution >= 0.6 is 0 Å². The largest absolute Gasteiger partial charge is 0.321 e. The maximum atomic E-state index is 13.8. The molecule has 0 aliphatic carbocycles. The Morgan fingerprint density at radius 3 is 2.59 bits per heavy atom. The minimum absolute atomic E-state index is 0.176. The Hall–Kier alpha value is -3.79. The van der Waals surface area contributed by atoms with Crippen LogP contribution in [-0.4, -0.2) is 29.1 Å². The Bertz CT molecular complexity index is 1460. The second-order valence-electron chi connectivity index (χ2n) is 7.36. The van der Waals surface area contributed by atoms with Crippen molar-refractivity contribution in [1.29, 1.82) is 0 Å². The first-order valence-corrected chi connectivity index (χ1v) is 11.1. The first-order valence-electron chi connectivity index (χ1n) is 9.64. The SMILES string of the molecule is Cc1ccc(S(=O)(=O)Nc2cccc(C(=O)Nc3cnc4c(c3)c(C)nn4C)c2)cc1F. The van der Waals surface area contributed by atoms with Gasteiger partial charge in [0.15, 0.2) is 5.65 Å². The number of aryl methyl sites for hydroxylation is 3. The van der Waals surface area contributed by atoms with Crippen LogP contribution in [0.4, 0.5) is 15.8 Å². The van der Waals surface area contributed by atoms with Crippen LogP contribution in [-0.2, 0) is 17.1 Å². The molecule has 0 saturated heterocycles. The molecule has 32 heavy (non-hydrogen) atoms. The number of carbonyl (C=O) groups is 1. The average Bonchev–Trinajstić information content (AvgIpc) is 3.03. The number of amides is 1. The number of halogens is 1. The van der Waals surface area contributed by atoms with Crippen molar-refractivity contribution in [2.75, 3.05) is 10.0 Å². The normalized spacial score (nSPS) is 11.5. The minimum atomic E-state index is -4.02. The lowest BCUT2D eigenvalue weighted by Gasteiger charge is -2.11. The van der Waals surface area contributed by atoms with Gasteiger partial charge in [-0.05, 0) is 55.8 Å². The minimum Gasteiger partial charge on any atom is -0.321 e. The Labute approximate surface area is 184 Å². The molecule has 2 aromatic heterocycles. The van der Waals surface area contributed by atoms with E-state index in [2.05, 4.69) is 20.1 Å². The fraction of sp³-hybridized carbons (Fsp3) is 0.136. The van der Waals surface area contributed by atoms with Gasteiger partial charge in [-0.25, -0.2) is 17.8 Å². The van der Waals surface area contributed by atoms with E-state index in [-0.39, 0.29) is 16.1 Å². The first kappa shape index (κ1) is 21.4. The first-order chi connectivity index (χ1) is 15.1. The van der Waals surface area contributed by atoms with Crippen LogP contribution in [0.25, 0.3) is 11.0 Å². The van der Waals surface area contributed by atoms with Crippen LogP contribution in [0, 0.1) is 19.7 Å². The molecule has 4 aromatic rings. The van der Waals surface area contributed by atoms with Crippen molar-refractivity contribution in [3.8, 4) is 0 Å². The standard InChI is InChI=1S/C22H20FN5O3S/c1-13-7-8-18(11-20(13)23)32(30,31)27-16-6-4-5-15(9-16)22(29)25-17-10-19-14(2)26-28(3)21(19)24-12-17/h4-12,27H,1-3H3,(H,25,29). The summed E-state index contributed by atoms with van der Waals surface area (Å²) in [5.41, 5.74) is 2.73. The molecule has 2 heterocycles. The van der Waals surface area contributed by atoms with Crippen LogP contribution in [0.15, 0.2) is 59.6 Å². The lowest BCUT2D eigenvalue weighted by atomic mass is 10.2. The Morgan fingerprint density at radius 2 is 1.84 bits per heavy atom. The number of fused-ring (bicyclic) bond motifs is 1. The number of rotatable bonds is 5. The zero-order valence-corrected chi connectivity index (χ0v) is 18.4. The van der Waals surface area contributed by atoms with Gasteiger partial charge in [-0.2, -0.15) is 5.10 Å². The average molecular weight is 453 g/mol. The van der Waals surface area contributed by atoms with Crippen LogP contribution in [0.5, 0.6) is 0 Å². The molecule has 2 aromatic carbocycles. The summed E-state index contributed by atoms with van der Waals surface area (Å²) in [7, 11) is -2.23. The van der Waals surface area contributed by atoms with E-state index < -0.39 is 21.7 Å². The Morgan fingerprint density at radius 1 is 1.06 bits per heavy atom. The molecule has 0 unspecified atom stereocenters. The van der Waals surface area contributed by atoms with Gasteiger partial charge in [-0.1, -0.05) is 12.1 Å². The number of benzene rings is 2. The van der Waals surface area contributed by atoms with Gasteiger partial charge in [-0.3, -0.25) is 14.2 Å². The molecule has 2 N–H and O–H groups in total. The van der Waals surface area contributed by atoms with E-state index in [0.29, 0.717) is 16.9 Å². The zero-order valence-electron chi connectivity index (χ0n) is 17.5. The predicted molar refractivity (Wildman–Crippen MR) is 120 cm³/mol. The molecule has 10 heteroatoms. The molecule has 4 rings (SSSR count). The molecule has 0 spiro atoms. The molecule has 8 nitrogen and oxygen atoms in total. The quantitative estimate of drug-likeness (QED) is 0.478. The monoisotopic (exact) mass is 453 g/mol. The summed E-state index contributed by atoms with van der Waals surface area (Å²) in [6.07, 6.45) is 1.53. The highest BCUT2D eigenvalue weighted by Gasteiger charge is 2.17. The summed E-state index contributed by atoms with van der Waals surface area (Å²) in [6.45, 7) is 3.40. The fourth-order valence-corrected chi connectivity index (χ4v) is 4.32. The van der Waals surface area contributed by atoms with Crippen LogP contribution in [0.3, 0.4) is 0 Å². The predicted octanol–water partition coefficient (Wildman–Crippen LogP) is 3.78. The van der Waals surface area contributed by atoms with Crippen molar-refractivity contribution < 1.29 is 17.6 Å². The summed E-state index contributed by atoms with van der Waals surface area (Å²) in [6, 6.07) is 11.5. The molecule has 1 amide bonds. The fourth-order valence-electron chi connectivity index (χ4n) is 3.26. The number of aromatic nitrogens is 3. The number of pyridine rings is 1. The van der Waals surface area contributed by atoms with Crippen LogP contribution in [0.2, 0.25) is 0 Å². The number of carbonyl (C=O) groups excluding carboxylic acids is 1. The summed E-state index contributed by atoms with van der Waals surface area (Å²) >= 11 is 0.